The molecule has 0 radical (unpaired) electrons. The molecule has 25 heavy (non-hydrogen) atoms. The van der Waals surface area contributed by atoms with E-state index in [0.29, 0.717) is 18.0 Å². The highest BCUT2D eigenvalue weighted by Gasteiger charge is 2.32. The second-order valence-electron chi connectivity index (χ2n) is 6.21. The van der Waals surface area contributed by atoms with Gasteiger partial charge in [-0.25, -0.2) is 0 Å². The maximum absolute atomic E-state index is 11.6. The highest BCUT2D eigenvalue weighted by Crippen LogP contribution is 2.34. The third-order valence-electron chi connectivity index (χ3n) is 4.73. The van der Waals surface area contributed by atoms with E-state index in [0.717, 1.165) is 31.8 Å². The number of rotatable bonds is 4. The molecule has 0 bridgehead atoms. The minimum atomic E-state index is -0.354. The maximum atomic E-state index is 11.6. The van der Waals surface area contributed by atoms with Crippen molar-refractivity contribution in [1.29, 1.82) is 0 Å². The third-order valence-corrected chi connectivity index (χ3v) is 4.73. The zero-order valence-corrected chi connectivity index (χ0v) is 13.9. The summed E-state index contributed by atoms with van der Waals surface area (Å²) in [5, 5.41) is 19.9. The van der Waals surface area contributed by atoms with Gasteiger partial charge in [0.15, 0.2) is 0 Å². The van der Waals surface area contributed by atoms with Gasteiger partial charge in [0, 0.05) is 31.6 Å². The smallest absolute Gasteiger partial charge is 0.358 e. The highest BCUT2D eigenvalue weighted by molar-refractivity contribution is 5.63. The Balaban J connectivity index is 1.71. The predicted molar refractivity (Wildman–Crippen MR) is 91.7 cm³/mol. The molecule has 0 unspecified atom stereocenters. The second-order valence-corrected chi connectivity index (χ2v) is 6.21. The number of hydrogen-bond acceptors (Lipinski definition) is 6. The van der Waals surface area contributed by atoms with E-state index in [1.807, 2.05) is 15.5 Å². The van der Waals surface area contributed by atoms with Crippen molar-refractivity contribution >= 4 is 17.3 Å². The van der Waals surface area contributed by atoms with Gasteiger partial charge in [-0.3, -0.25) is 0 Å². The molecule has 9 heteroatoms. The van der Waals surface area contributed by atoms with Gasteiger partial charge >= 0.3 is 5.82 Å². The summed E-state index contributed by atoms with van der Waals surface area (Å²) >= 11 is 0. The molecule has 3 aromatic rings. The van der Waals surface area contributed by atoms with E-state index in [1.54, 1.807) is 24.7 Å². The Hall–Kier alpha value is -2.97. The standard InChI is InChI=1S/C16H19N7O2/c1-2-20-11-17-19-14(20)12-6-5-8-21(10-12)15-16(23(24)25)22-9-4-3-7-13(22)18-15/h3-4,7,9,11-12H,2,5-6,8,10H2,1H3/t12-/m0/s1. The van der Waals surface area contributed by atoms with Crippen LogP contribution in [0.4, 0.5) is 11.6 Å². The number of aromatic nitrogens is 5. The molecule has 0 spiro atoms. The lowest BCUT2D eigenvalue weighted by atomic mass is 9.97. The number of anilines is 1. The fourth-order valence-electron chi connectivity index (χ4n) is 3.56. The first-order valence-electron chi connectivity index (χ1n) is 8.43. The number of nitrogens with zero attached hydrogens (tertiary/aromatic N) is 7. The molecule has 1 fully saturated rings. The molecule has 4 rings (SSSR count). The summed E-state index contributed by atoms with van der Waals surface area (Å²) in [6, 6.07) is 5.39. The van der Waals surface area contributed by atoms with Crippen LogP contribution in [0.25, 0.3) is 5.65 Å². The fourth-order valence-corrected chi connectivity index (χ4v) is 3.56. The second kappa shape index (κ2) is 6.15. The van der Waals surface area contributed by atoms with Crippen LogP contribution in [-0.4, -0.2) is 42.2 Å². The Kier molecular flexibility index (Phi) is 3.83. The first-order chi connectivity index (χ1) is 12.2. The Morgan fingerprint density at radius 1 is 1.40 bits per heavy atom. The van der Waals surface area contributed by atoms with E-state index < -0.39 is 0 Å². The Morgan fingerprint density at radius 2 is 2.28 bits per heavy atom. The van der Waals surface area contributed by atoms with Gasteiger partial charge < -0.3 is 19.6 Å². The van der Waals surface area contributed by atoms with Gasteiger partial charge in [-0.15, -0.1) is 10.2 Å². The number of nitro groups is 1. The van der Waals surface area contributed by atoms with Crippen LogP contribution in [0.3, 0.4) is 0 Å². The lowest BCUT2D eigenvalue weighted by Gasteiger charge is -2.32. The normalized spacial score (nSPS) is 18.0. The number of pyridine rings is 1. The summed E-state index contributed by atoms with van der Waals surface area (Å²) in [6.45, 7) is 4.28. The SMILES string of the molecule is CCn1cnnc1[C@H]1CCCN(c2nc3ccccn3c2[N+](=O)[O-])C1. The zero-order valence-electron chi connectivity index (χ0n) is 13.9. The topological polar surface area (TPSA) is 94.4 Å². The van der Waals surface area contributed by atoms with Crippen LogP contribution in [0.5, 0.6) is 0 Å². The predicted octanol–water partition coefficient (Wildman–Crippen LogP) is 2.24. The molecule has 0 aromatic carbocycles. The Bertz CT molecular complexity index is 916. The van der Waals surface area contributed by atoms with Gasteiger partial charge in [0.1, 0.15) is 12.2 Å². The molecule has 1 aliphatic rings. The number of aryl methyl sites for hydroxylation is 1. The Labute approximate surface area is 144 Å². The highest BCUT2D eigenvalue weighted by atomic mass is 16.6. The summed E-state index contributed by atoms with van der Waals surface area (Å²) in [7, 11) is 0. The van der Waals surface area contributed by atoms with Gasteiger partial charge in [0.2, 0.25) is 11.5 Å². The van der Waals surface area contributed by atoms with Crippen LogP contribution in [-0.2, 0) is 6.54 Å². The molecule has 130 valence electrons. The monoisotopic (exact) mass is 341 g/mol. The molecule has 4 heterocycles. The molecular weight excluding hydrogens is 322 g/mol. The van der Waals surface area contributed by atoms with Gasteiger partial charge in [-0.2, -0.15) is 9.38 Å². The maximum Gasteiger partial charge on any atom is 0.372 e. The number of imidazole rings is 1. The minimum Gasteiger partial charge on any atom is -0.358 e. The average molecular weight is 341 g/mol. The van der Waals surface area contributed by atoms with Crippen molar-refractivity contribution in [2.75, 3.05) is 18.0 Å². The lowest BCUT2D eigenvalue weighted by Crippen LogP contribution is -2.36. The molecule has 0 amide bonds. The molecule has 0 N–H and O–H groups in total. The van der Waals surface area contributed by atoms with Crippen molar-refractivity contribution in [3.8, 4) is 0 Å². The number of piperidine rings is 1. The lowest BCUT2D eigenvalue weighted by molar-refractivity contribution is -0.389. The van der Waals surface area contributed by atoms with E-state index >= 15 is 0 Å². The Morgan fingerprint density at radius 3 is 3.08 bits per heavy atom. The largest absolute Gasteiger partial charge is 0.372 e. The van der Waals surface area contributed by atoms with E-state index in [9.17, 15) is 10.1 Å². The molecule has 3 aromatic heterocycles. The molecule has 1 saturated heterocycles. The molecule has 1 aliphatic heterocycles. The summed E-state index contributed by atoms with van der Waals surface area (Å²) < 4.78 is 3.57. The molecule has 1 atom stereocenters. The van der Waals surface area contributed by atoms with E-state index in [1.165, 1.54) is 4.40 Å². The minimum absolute atomic E-state index is 0.0215. The molecular formula is C16H19N7O2. The van der Waals surface area contributed by atoms with E-state index in [2.05, 4.69) is 22.1 Å². The first kappa shape index (κ1) is 15.6. The van der Waals surface area contributed by atoms with Crippen molar-refractivity contribution in [1.82, 2.24) is 24.1 Å². The molecule has 0 saturated carbocycles. The summed E-state index contributed by atoms with van der Waals surface area (Å²) in [5.74, 6) is 1.59. The molecule has 9 nitrogen and oxygen atoms in total. The van der Waals surface area contributed by atoms with Crippen LogP contribution in [0.15, 0.2) is 30.7 Å². The summed E-state index contributed by atoms with van der Waals surface area (Å²) in [6.07, 6.45) is 5.35. The number of hydrogen-bond donors (Lipinski definition) is 0. The van der Waals surface area contributed by atoms with Crippen molar-refractivity contribution in [3.05, 3.63) is 46.7 Å². The quantitative estimate of drug-likeness (QED) is 0.533. The van der Waals surface area contributed by atoms with Gasteiger partial charge in [0.05, 0.1) is 6.20 Å². The van der Waals surface area contributed by atoms with E-state index in [4.69, 9.17) is 0 Å². The molecule has 0 aliphatic carbocycles. The van der Waals surface area contributed by atoms with Gasteiger partial charge in [-0.05, 0) is 30.8 Å². The van der Waals surface area contributed by atoms with Crippen LogP contribution >= 0.6 is 0 Å². The third kappa shape index (κ3) is 2.61. The van der Waals surface area contributed by atoms with Crippen molar-refractivity contribution in [2.45, 2.75) is 32.2 Å². The first-order valence-corrected chi connectivity index (χ1v) is 8.43. The summed E-state index contributed by atoms with van der Waals surface area (Å²) in [4.78, 5) is 17.8. The van der Waals surface area contributed by atoms with Crippen molar-refractivity contribution in [3.63, 3.8) is 0 Å². The number of fused-ring (bicyclic) bond motifs is 1. The average Bonchev–Trinajstić information content (AvgIpc) is 3.26. The van der Waals surface area contributed by atoms with E-state index in [-0.39, 0.29) is 16.7 Å². The van der Waals surface area contributed by atoms with Crippen LogP contribution in [0.2, 0.25) is 0 Å². The van der Waals surface area contributed by atoms with Crippen molar-refractivity contribution < 1.29 is 4.92 Å². The van der Waals surface area contributed by atoms with Crippen LogP contribution < -0.4 is 4.90 Å². The van der Waals surface area contributed by atoms with Gasteiger partial charge in [0.25, 0.3) is 0 Å². The van der Waals surface area contributed by atoms with Gasteiger partial charge in [-0.1, -0.05) is 6.07 Å². The van der Waals surface area contributed by atoms with Crippen molar-refractivity contribution in [2.24, 2.45) is 0 Å². The summed E-state index contributed by atoms with van der Waals surface area (Å²) in [5.41, 5.74) is 0.586. The van der Waals surface area contributed by atoms with Crippen LogP contribution in [0, 0.1) is 10.1 Å². The fraction of sp³-hybridized carbons (Fsp3) is 0.438. The zero-order chi connectivity index (χ0) is 17.4. The van der Waals surface area contributed by atoms with Crippen LogP contribution in [0.1, 0.15) is 31.5 Å².